The van der Waals surface area contributed by atoms with E-state index < -0.39 is 0 Å². The van der Waals surface area contributed by atoms with E-state index in [0.717, 1.165) is 22.6 Å². The van der Waals surface area contributed by atoms with Gasteiger partial charge in [0.15, 0.2) is 0 Å². The summed E-state index contributed by atoms with van der Waals surface area (Å²) in [4.78, 5) is 20.8. The van der Waals surface area contributed by atoms with Gasteiger partial charge in [0.05, 0.1) is 6.61 Å². The van der Waals surface area contributed by atoms with Gasteiger partial charge < -0.3 is 15.4 Å². The first-order chi connectivity index (χ1) is 13.1. The maximum absolute atomic E-state index is 12.5. The number of hydrogen-bond acceptors (Lipinski definition) is 5. The number of aromatic nitrogens is 2. The first-order valence-electron chi connectivity index (χ1n) is 8.76. The molecule has 2 N–H and O–H groups in total. The number of amides is 1. The van der Waals surface area contributed by atoms with E-state index in [-0.39, 0.29) is 11.6 Å². The number of rotatable bonds is 6. The van der Waals surface area contributed by atoms with Crippen LogP contribution in [0.5, 0.6) is 5.75 Å². The highest BCUT2D eigenvalue weighted by Gasteiger charge is 2.11. The molecule has 0 fully saturated rings. The Labute approximate surface area is 158 Å². The summed E-state index contributed by atoms with van der Waals surface area (Å²) < 4.78 is 5.40. The SMILES string of the molecule is CCOc1ccc(NC(=O)c2cc(Nc3c(C)cccc3C)ncn2)cc1. The summed E-state index contributed by atoms with van der Waals surface area (Å²) in [6.45, 7) is 6.57. The van der Waals surface area contributed by atoms with Crippen LogP contribution < -0.4 is 15.4 Å². The molecule has 0 atom stereocenters. The predicted molar refractivity (Wildman–Crippen MR) is 107 cm³/mol. The van der Waals surface area contributed by atoms with Gasteiger partial charge in [0, 0.05) is 17.4 Å². The summed E-state index contributed by atoms with van der Waals surface area (Å²) in [5.74, 6) is 1.03. The maximum atomic E-state index is 12.5. The van der Waals surface area contributed by atoms with Crippen molar-refractivity contribution in [1.29, 1.82) is 0 Å². The molecule has 0 bridgehead atoms. The van der Waals surface area contributed by atoms with Crippen LogP contribution >= 0.6 is 0 Å². The van der Waals surface area contributed by atoms with Crippen molar-refractivity contribution in [3.05, 3.63) is 71.7 Å². The Balaban J connectivity index is 1.73. The Morgan fingerprint density at radius 2 is 1.74 bits per heavy atom. The minimum atomic E-state index is -0.300. The highest BCUT2D eigenvalue weighted by Crippen LogP contribution is 2.23. The largest absolute Gasteiger partial charge is 0.494 e. The first kappa shape index (κ1) is 18.4. The number of benzene rings is 2. The van der Waals surface area contributed by atoms with Crippen molar-refractivity contribution >= 4 is 23.1 Å². The van der Waals surface area contributed by atoms with Gasteiger partial charge in [0.25, 0.3) is 5.91 Å². The number of para-hydroxylation sites is 1. The van der Waals surface area contributed by atoms with E-state index in [4.69, 9.17) is 4.74 Å². The van der Waals surface area contributed by atoms with Crippen molar-refractivity contribution in [2.75, 3.05) is 17.2 Å². The normalized spacial score (nSPS) is 10.3. The Bertz CT molecular complexity index is 919. The average Bonchev–Trinajstić information content (AvgIpc) is 2.67. The summed E-state index contributed by atoms with van der Waals surface area (Å²) in [6, 6.07) is 14.9. The molecule has 1 heterocycles. The number of aryl methyl sites for hydroxylation is 2. The van der Waals surface area contributed by atoms with Crippen molar-refractivity contribution in [2.45, 2.75) is 20.8 Å². The third-order valence-corrected chi connectivity index (χ3v) is 4.06. The molecule has 138 valence electrons. The fraction of sp³-hybridized carbons (Fsp3) is 0.190. The van der Waals surface area contributed by atoms with Gasteiger partial charge in [0.1, 0.15) is 23.6 Å². The molecule has 1 amide bonds. The van der Waals surface area contributed by atoms with Crippen LogP contribution in [-0.4, -0.2) is 22.5 Å². The second-order valence-corrected chi connectivity index (χ2v) is 6.09. The second-order valence-electron chi connectivity index (χ2n) is 6.09. The molecular weight excluding hydrogens is 340 g/mol. The Hall–Kier alpha value is -3.41. The number of ether oxygens (including phenoxy) is 1. The molecular formula is C21H22N4O2. The lowest BCUT2D eigenvalue weighted by Crippen LogP contribution is -2.14. The zero-order valence-corrected chi connectivity index (χ0v) is 15.6. The van der Waals surface area contributed by atoms with Crippen LogP contribution in [0.25, 0.3) is 0 Å². The summed E-state index contributed by atoms with van der Waals surface area (Å²) in [5, 5.41) is 6.10. The van der Waals surface area contributed by atoms with E-state index in [9.17, 15) is 4.79 Å². The monoisotopic (exact) mass is 362 g/mol. The van der Waals surface area contributed by atoms with E-state index >= 15 is 0 Å². The van der Waals surface area contributed by atoms with Crippen LogP contribution in [0, 0.1) is 13.8 Å². The van der Waals surface area contributed by atoms with Crippen LogP contribution in [0.2, 0.25) is 0 Å². The van der Waals surface area contributed by atoms with Crippen LogP contribution in [0.4, 0.5) is 17.2 Å². The molecule has 0 saturated carbocycles. The molecule has 0 radical (unpaired) electrons. The van der Waals surface area contributed by atoms with E-state index in [0.29, 0.717) is 18.1 Å². The Morgan fingerprint density at radius 1 is 1.04 bits per heavy atom. The highest BCUT2D eigenvalue weighted by molar-refractivity contribution is 6.03. The molecule has 27 heavy (non-hydrogen) atoms. The molecule has 6 nitrogen and oxygen atoms in total. The summed E-state index contributed by atoms with van der Waals surface area (Å²) in [6.07, 6.45) is 1.38. The molecule has 0 unspecified atom stereocenters. The molecule has 0 aliphatic carbocycles. The van der Waals surface area contributed by atoms with Crippen molar-refractivity contribution in [3.63, 3.8) is 0 Å². The lowest BCUT2D eigenvalue weighted by atomic mass is 10.1. The number of carbonyl (C=O) groups is 1. The molecule has 2 aromatic carbocycles. The van der Waals surface area contributed by atoms with Gasteiger partial charge in [-0.15, -0.1) is 0 Å². The number of nitrogens with one attached hydrogen (secondary N) is 2. The highest BCUT2D eigenvalue weighted by atomic mass is 16.5. The van der Waals surface area contributed by atoms with E-state index in [1.807, 2.05) is 51.1 Å². The maximum Gasteiger partial charge on any atom is 0.274 e. The van der Waals surface area contributed by atoms with Gasteiger partial charge in [-0.25, -0.2) is 9.97 Å². The van der Waals surface area contributed by atoms with Gasteiger partial charge in [0.2, 0.25) is 0 Å². The molecule has 0 aliphatic heterocycles. The molecule has 6 heteroatoms. The van der Waals surface area contributed by atoms with Crippen molar-refractivity contribution in [1.82, 2.24) is 9.97 Å². The van der Waals surface area contributed by atoms with Crippen molar-refractivity contribution in [2.24, 2.45) is 0 Å². The zero-order chi connectivity index (χ0) is 19.2. The lowest BCUT2D eigenvalue weighted by Gasteiger charge is -2.12. The molecule has 3 rings (SSSR count). The van der Waals surface area contributed by atoms with Crippen LogP contribution in [0.1, 0.15) is 28.5 Å². The standard InChI is InChI=1S/C21H22N4O2/c1-4-27-17-10-8-16(9-11-17)24-21(26)18-12-19(23-13-22-18)25-20-14(2)6-5-7-15(20)3/h5-13H,4H2,1-3H3,(H,24,26)(H,22,23,25). The summed E-state index contributed by atoms with van der Waals surface area (Å²) in [7, 11) is 0. The van der Waals surface area contributed by atoms with Gasteiger partial charge >= 0.3 is 0 Å². The zero-order valence-electron chi connectivity index (χ0n) is 15.6. The number of carbonyl (C=O) groups excluding carboxylic acids is 1. The van der Waals surface area contributed by atoms with E-state index in [1.165, 1.54) is 6.33 Å². The fourth-order valence-electron chi connectivity index (χ4n) is 2.69. The predicted octanol–water partition coefficient (Wildman–Crippen LogP) is 4.49. The number of anilines is 3. The quantitative estimate of drug-likeness (QED) is 0.676. The Kier molecular flexibility index (Phi) is 5.66. The third-order valence-electron chi connectivity index (χ3n) is 4.06. The fourth-order valence-corrected chi connectivity index (χ4v) is 2.69. The van der Waals surface area contributed by atoms with Crippen LogP contribution in [0.15, 0.2) is 54.9 Å². The number of hydrogen-bond donors (Lipinski definition) is 2. The van der Waals surface area contributed by atoms with Gasteiger partial charge in [-0.3, -0.25) is 4.79 Å². The minimum absolute atomic E-state index is 0.285. The number of nitrogens with zero attached hydrogens (tertiary/aromatic N) is 2. The molecule has 3 aromatic rings. The Morgan fingerprint density at radius 3 is 2.41 bits per heavy atom. The van der Waals surface area contributed by atoms with E-state index in [2.05, 4.69) is 20.6 Å². The molecule has 0 aliphatic rings. The average molecular weight is 362 g/mol. The summed E-state index contributed by atoms with van der Waals surface area (Å²) in [5.41, 5.74) is 4.15. The molecule has 0 saturated heterocycles. The van der Waals surface area contributed by atoms with Crippen molar-refractivity contribution < 1.29 is 9.53 Å². The minimum Gasteiger partial charge on any atom is -0.494 e. The lowest BCUT2D eigenvalue weighted by molar-refractivity contribution is 0.102. The van der Waals surface area contributed by atoms with Gasteiger partial charge in [-0.2, -0.15) is 0 Å². The van der Waals surface area contributed by atoms with Crippen molar-refractivity contribution in [3.8, 4) is 5.75 Å². The molecule has 1 aromatic heterocycles. The second kappa shape index (κ2) is 8.31. The van der Waals surface area contributed by atoms with Gasteiger partial charge in [-0.1, -0.05) is 18.2 Å². The third kappa shape index (κ3) is 4.61. The van der Waals surface area contributed by atoms with Crippen LogP contribution in [0.3, 0.4) is 0 Å². The van der Waals surface area contributed by atoms with Crippen LogP contribution in [-0.2, 0) is 0 Å². The first-order valence-corrected chi connectivity index (χ1v) is 8.76. The van der Waals surface area contributed by atoms with Gasteiger partial charge in [-0.05, 0) is 56.2 Å². The van der Waals surface area contributed by atoms with E-state index in [1.54, 1.807) is 18.2 Å². The summed E-state index contributed by atoms with van der Waals surface area (Å²) >= 11 is 0. The topological polar surface area (TPSA) is 76.1 Å². The smallest absolute Gasteiger partial charge is 0.274 e. The molecule has 0 spiro atoms.